The second-order valence-electron chi connectivity index (χ2n) is 14.9. The molecular weight excluding hydrogens is 705 g/mol. The minimum absolute atomic E-state index is 1.15. The van der Waals surface area contributed by atoms with E-state index < -0.39 is 8.07 Å². The fourth-order valence-corrected chi connectivity index (χ4v) is 14.2. The second-order valence-corrected chi connectivity index (χ2v) is 18.7. The molecule has 0 saturated carbocycles. The molecule has 3 heteroatoms. The van der Waals surface area contributed by atoms with Crippen LogP contribution in [0.15, 0.2) is 231 Å². The van der Waals surface area contributed by atoms with Crippen LogP contribution in [0.5, 0.6) is 0 Å². The summed E-state index contributed by atoms with van der Waals surface area (Å²) in [5.74, 6) is 0. The molecule has 57 heavy (non-hydrogen) atoms. The van der Waals surface area contributed by atoms with Crippen molar-refractivity contribution in [2.45, 2.75) is 0 Å². The van der Waals surface area contributed by atoms with Crippen LogP contribution in [0.1, 0.15) is 0 Å². The van der Waals surface area contributed by atoms with Crippen molar-refractivity contribution >= 4 is 72.4 Å². The lowest BCUT2D eigenvalue weighted by atomic mass is 10.0. The number of nitrogens with zero attached hydrogens (tertiary/aromatic N) is 2. The number of para-hydroxylation sites is 3. The predicted molar refractivity (Wildman–Crippen MR) is 244 cm³/mol. The van der Waals surface area contributed by atoms with Crippen LogP contribution in [0.3, 0.4) is 0 Å². The van der Waals surface area contributed by atoms with Gasteiger partial charge in [0.25, 0.3) is 0 Å². The van der Waals surface area contributed by atoms with Crippen molar-refractivity contribution in [3.8, 4) is 22.5 Å². The lowest BCUT2D eigenvalue weighted by molar-refractivity contribution is 1.17. The minimum Gasteiger partial charge on any atom is -0.309 e. The number of rotatable bonds is 7. The molecule has 2 aromatic heterocycles. The highest BCUT2D eigenvalue weighted by molar-refractivity contribution is 7.20. The Kier molecular flexibility index (Phi) is 7.87. The van der Waals surface area contributed by atoms with Crippen LogP contribution >= 0.6 is 0 Å². The van der Waals surface area contributed by atoms with Crippen LogP contribution in [0.4, 0.5) is 0 Å². The molecule has 0 bridgehead atoms. The van der Waals surface area contributed by atoms with Crippen molar-refractivity contribution < 1.29 is 0 Å². The third-order valence-electron chi connectivity index (χ3n) is 11.9. The molecule has 0 N–H and O–H groups in total. The smallest absolute Gasteiger partial charge is 0.179 e. The highest BCUT2D eigenvalue weighted by Gasteiger charge is 2.41. The molecule has 0 unspecified atom stereocenters. The summed E-state index contributed by atoms with van der Waals surface area (Å²) >= 11 is 0. The van der Waals surface area contributed by atoms with Gasteiger partial charge < -0.3 is 9.13 Å². The summed E-state index contributed by atoms with van der Waals surface area (Å²) in [6, 6.07) is 85.1. The molecule has 9 aromatic carbocycles. The first-order valence-corrected chi connectivity index (χ1v) is 21.7. The zero-order valence-corrected chi connectivity index (χ0v) is 32.3. The molecule has 0 atom stereocenters. The summed E-state index contributed by atoms with van der Waals surface area (Å²) in [4.78, 5) is 0. The van der Waals surface area contributed by atoms with Gasteiger partial charge in [-0.1, -0.05) is 188 Å². The first kappa shape index (κ1) is 33.2. The molecule has 0 amide bonds. The molecule has 0 aliphatic heterocycles. The van der Waals surface area contributed by atoms with Gasteiger partial charge >= 0.3 is 0 Å². The maximum Gasteiger partial charge on any atom is 0.179 e. The van der Waals surface area contributed by atoms with Gasteiger partial charge in [-0.25, -0.2) is 0 Å². The van der Waals surface area contributed by atoms with Crippen LogP contribution in [-0.4, -0.2) is 17.2 Å². The topological polar surface area (TPSA) is 9.86 Å². The summed E-state index contributed by atoms with van der Waals surface area (Å²) in [6.07, 6.45) is 0. The van der Waals surface area contributed by atoms with Gasteiger partial charge in [-0.15, -0.1) is 0 Å². The molecular formula is C54H38N2Si. The number of hydrogen-bond acceptors (Lipinski definition) is 0. The normalized spacial score (nSPS) is 11.9. The molecule has 268 valence electrons. The van der Waals surface area contributed by atoms with Gasteiger partial charge in [0.15, 0.2) is 8.07 Å². The molecule has 0 aliphatic rings. The average Bonchev–Trinajstić information content (AvgIpc) is 3.81. The van der Waals surface area contributed by atoms with Crippen LogP contribution < -0.4 is 20.7 Å². The Balaban J connectivity index is 1.18. The zero-order chi connectivity index (χ0) is 37.8. The van der Waals surface area contributed by atoms with E-state index in [1.54, 1.807) is 0 Å². The maximum absolute atomic E-state index is 2.72. The van der Waals surface area contributed by atoms with E-state index in [4.69, 9.17) is 0 Å². The second kappa shape index (κ2) is 13.5. The fraction of sp³-hybridized carbons (Fsp3) is 0. The highest BCUT2D eigenvalue weighted by Crippen LogP contribution is 2.40. The molecule has 0 aliphatic carbocycles. The first-order valence-electron chi connectivity index (χ1n) is 19.7. The van der Waals surface area contributed by atoms with E-state index in [0.717, 1.165) is 11.4 Å². The monoisotopic (exact) mass is 742 g/mol. The van der Waals surface area contributed by atoms with Crippen LogP contribution in [0.2, 0.25) is 0 Å². The molecule has 0 spiro atoms. The molecule has 0 radical (unpaired) electrons. The average molecular weight is 743 g/mol. The number of fused-ring (bicyclic) bond motifs is 6. The number of hydrogen-bond donors (Lipinski definition) is 0. The van der Waals surface area contributed by atoms with Gasteiger partial charge in [0.05, 0.1) is 22.1 Å². The molecule has 11 aromatic rings. The molecule has 11 rings (SSSR count). The quantitative estimate of drug-likeness (QED) is 0.114. The van der Waals surface area contributed by atoms with Gasteiger partial charge in [-0.3, -0.25) is 0 Å². The van der Waals surface area contributed by atoms with E-state index in [9.17, 15) is 0 Å². The Morgan fingerprint density at radius 2 is 0.772 bits per heavy atom. The largest absolute Gasteiger partial charge is 0.309 e. The highest BCUT2D eigenvalue weighted by atomic mass is 28.3. The van der Waals surface area contributed by atoms with Gasteiger partial charge in [0.1, 0.15) is 0 Å². The lowest BCUT2D eigenvalue weighted by Crippen LogP contribution is -2.74. The van der Waals surface area contributed by atoms with Crippen LogP contribution in [-0.2, 0) is 0 Å². The van der Waals surface area contributed by atoms with Crippen molar-refractivity contribution in [1.29, 1.82) is 0 Å². The Morgan fingerprint density at radius 3 is 1.42 bits per heavy atom. The van der Waals surface area contributed by atoms with Crippen LogP contribution in [0.25, 0.3) is 66.1 Å². The zero-order valence-electron chi connectivity index (χ0n) is 31.3. The van der Waals surface area contributed by atoms with Gasteiger partial charge in [0, 0.05) is 38.5 Å². The molecule has 2 nitrogen and oxygen atoms in total. The number of benzene rings is 9. The first-order chi connectivity index (χ1) is 28.3. The Morgan fingerprint density at radius 1 is 0.281 bits per heavy atom. The third-order valence-corrected chi connectivity index (χ3v) is 16.6. The lowest BCUT2D eigenvalue weighted by Gasteiger charge is -2.34. The summed E-state index contributed by atoms with van der Waals surface area (Å²) in [5, 5.41) is 10.5. The van der Waals surface area contributed by atoms with E-state index in [2.05, 4.69) is 240 Å². The Bertz CT molecular complexity index is 3110. The van der Waals surface area contributed by atoms with E-state index in [0.29, 0.717) is 0 Å². The summed E-state index contributed by atoms with van der Waals surface area (Å²) in [7, 11) is -2.72. The summed E-state index contributed by atoms with van der Waals surface area (Å²) < 4.78 is 4.91. The van der Waals surface area contributed by atoms with Crippen molar-refractivity contribution in [2.24, 2.45) is 0 Å². The molecule has 0 saturated heterocycles. The SMILES string of the molecule is c1ccc(-c2cccc3c4cc(-n5c6ccccc6c6cc([Si](c7ccccc7)(c7ccccc7)c7ccccc7)ccc65)ccc4n(-c4ccccc4)c23)cc1. The Labute approximate surface area is 333 Å². The fourth-order valence-electron chi connectivity index (χ4n) is 9.44. The van der Waals surface area contributed by atoms with E-state index in [1.807, 2.05) is 0 Å². The minimum atomic E-state index is -2.72. The van der Waals surface area contributed by atoms with Gasteiger partial charge in [-0.2, -0.15) is 0 Å². The van der Waals surface area contributed by atoms with Gasteiger partial charge in [0.2, 0.25) is 0 Å². The summed E-state index contributed by atoms with van der Waals surface area (Å²) in [6.45, 7) is 0. The van der Waals surface area contributed by atoms with E-state index in [-0.39, 0.29) is 0 Å². The van der Waals surface area contributed by atoms with Crippen LogP contribution in [0, 0.1) is 0 Å². The van der Waals surface area contributed by atoms with E-state index in [1.165, 1.54) is 75.5 Å². The molecule has 0 fully saturated rings. The van der Waals surface area contributed by atoms with Gasteiger partial charge in [-0.05, 0) is 68.8 Å². The van der Waals surface area contributed by atoms with Crippen molar-refractivity contribution in [3.05, 3.63) is 231 Å². The van der Waals surface area contributed by atoms with E-state index >= 15 is 0 Å². The third kappa shape index (κ3) is 5.17. The maximum atomic E-state index is 2.51. The summed E-state index contributed by atoms with van der Waals surface area (Å²) in [5.41, 5.74) is 9.55. The number of aromatic nitrogens is 2. The standard InChI is InChI=1S/C54H38N2Si/c1-6-19-39(20-7-1)46-30-18-31-48-49-37-41(33-35-53(49)56(54(46)48)40-21-8-2-9-22-40)55-51-32-17-16-29-47(51)50-38-45(34-36-52(50)55)57(42-23-10-3-11-24-42,43-25-12-4-13-26-43)44-27-14-5-15-28-44/h1-38H. The van der Waals surface area contributed by atoms with Crippen molar-refractivity contribution in [1.82, 2.24) is 9.13 Å². The van der Waals surface area contributed by atoms with Crippen molar-refractivity contribution in [3.63, 3.8) is 0 Å². The van der Waals surface area contributed by atoms with Crippen molar-refractivity contribution in [2.75, 3.05) is 0 Å². The molecule has 2 heterocycles. The Hall–Kier alpha value is -7.20. The predicted octanol–water partition coefficient (Wildman–Crippen LogP) is 10.9.